The molecule has 37 heavy (non-hydrogen) atoms. The molecule has 1 unspecified atom stereocenters. The van der Waals surface area contributed by atoms with Crippen LogP contribution in [0, 0.1) is 17.3 Å². The molecule has 2 aliphatic carbocycles. The highest BCUT2D eigenvalue weighted by Crippen LogP contribution is 2.40. The number of H-pyrrole nitrogens is 2. The van der Waals surface area contributed by atoms with Crippen molar-refractivity contribution >= 4 is 5.57 Å². The fraction of sp³-hybridized carbons (Fsp3) is 0.414. The average Bonchev–Trinajstić information content (AvgIpc) is 3.33. The van der Waals surface area contributed by atoms with Gasteiger partial charge >= 0.3 is 0 Å². The molecule has 3 heterocycles. The molecule has 1 atom stereocenters. The molecule has 6 rings (SSSR count). The number of pyridine rings is 1. The van der Waals surface area contributed by atoms with Gasteiger partial charge in [-0.15, -0.1) is 10.2 Å². The number of allylic oxidation sites excluding steroid dienone is 2. The number of nitrogens with zero attached hydrogens (tertiary/aromatic N) is 5. The maximum atomic E-state index is 13.3. The van der Waals surface area contributed by atoms with Crippen molar-refractivity contribution in [1.29, 1.82) is 0 Å². The van der Waals surface area contributed by atoms with Crippen LogP contribution in [0.25, 0.3) is 39.5 Å². The van der Waals surface area contributed by atoms with Gasteiger partial charge in [-0.1, -0.05) is 51.1 Å². The molecule has 190 valence electrons. The van der Waals surface area contributed by atoms with Crippen molar-refractivity contribution in [1.82, 2.24) is 35.4 Å². The van der Waals surface area contributed by atoms with Gasteiger partial charge in [0.1, 0.15) is 0 Å². The fourth-order valence-electron chi connectivity index (χ4n) is 5.33. The van der Waals surface area contributed by atoms with Gasteiger partial charge in [0.15, 0.2) is 0 Å². The molecule has 0 spiro atoms. The first-order valence-corrected chi connectivity index (χ1v) is 13.2. The van der Waals surface area contributed by atoms with Crippen LogP contribution in [-0.2, 0) is 6.54 Å². The molecular weight excluding hydrogens is 462 g/mol. The molecule has 0 radical (unpaired) electrons. The lowest BCUT2D eigenvalue weighted by Gasteiger charge is -2.33. The number of aromatic amines is 2. The van der Waals surface area contributed by atoms with Gasteiger partial charge in [-0.05, 0) is 83.4 Å². The molecule has 1 saturated carbocycles. The fourth-order valence-corrected chi connectivity index (χ4v) is 5.33. The minimum Gasteiger partial charge on any atom is -0.321 e. The summed E-state index contributed by atoms with van der Waals surface area (Å²) in [4.78, 5) is 16.3. The first-order valence-electron chi connectivity index (χ1n) is 13.2. The molecule has 0 amide bonds. The van der Waals surface area contributed by atoms with Gasteiger partial charge in [-0.25, -0.2) is 0 Å². The van der Waals surface area contributed by atoms with Crippen molar-refractivity contribution in [2.45, 2.75) is 59.4 Å². The van der Waals surface area contributed by atoms with Crippen molar-refractivity contribution in [2.75, 3.05) is 0 Å². The van der Waals surface area contributed by atoms with E-state index < -0.39 is 0 Å². The third-order valence-electron chi connectivity index (χ3n) is 7.86. The Labute approximate surface area is 216 Å². The Balaban J connectivity index is 1.33. The van der Waals surface area contributed by atoms with E-state index in [0.29, 0.717) is 22.5 Å². The molecule has 3 aromatic heterocycles. The summed E-state index contributed by atoms with van der Waals surface area (Å²) in [7, 11) is 0. The van der Waals surface area contributed by atoms with E-state index in [1.807, 2.05) is 23.0 Å². The number of hydrogen-bond donors (Lipinski definition) is 2. The molecule has 1 aromatic carbocycles. The Morgan fingerprint density at radius 1 is 1.05 bits per heavy atom. The number of benzene rings is 1. The summed E-state index contributed by atoms with van der Waals surface area (Å²) in [6.45, 7) is 7.91. The Morgan fingerprint density at radius 2 is 1.84 bits per heavy atom. The summed E-state index contributed by atoms with van der Waals surface area (Å²) in [6, 6.07) is 12.4. The molecular formula is C29H33N7O. The number of rotatable bonds is 6. The van der Waals surface area contributed by atoms with Crippen LogP contribution in [0.1, 0.15) is 58.4 Å². The maximum absolute atomic E-state index is 13.3. The van der Waals surface area contributed by atoms with E-state index >= 15 is 0 Å². The lowest BCUT2D eigenvalue weighted by molar-refractivity contribution is 0.225. The van der Waals surface area contributed by atoms with Crippen LogP contribution in [0.3, 0.4) is 0 Å². The second-order valence-electron chi connectivity index (χ2n) is 11.5. The van der Waals surface area contributed by atoms with Crippen LogP contribution in [0.15, 0.2) is 53.5 Å². The molecule has 1 fully saturated rings. The summed E-state index contributed by atoms with van der Waals surface area (Å²) in [6.07, 6.45) is 10.3. The SMILES string of the molecule is CC(C)(C)C1CC=C(c2ccc(-c3cc(-c4ccn(CC5CC5)n4)c(-c4nn[nH]n4)c(=O)[nH]3)cc2)CC1. The zero-order valence-electron chi connectivity index (χ0n) is 21.7. The average molecular weight is 496 g/mol. The highest BCUT2D eigenvalue weighted by atomic mass is 16.1. The number of nitrogens with one attached hydrogen (secondary N) is 2. The Hall–Kier alpha value is -3.81. The van der Waals surface area contributed by atoms with Gasteiger partial charge in [0.2, 0.25) is 5.82 Å². The summed E-state index contributed by atoms with van der Waals surface area (Å²) < 4.78 is 1.96. The molecule has 2 aliphatic rings. The van der Waals surface area contributed by atoms with E-state index in [2.05, 4.69) is 76.7 Å². The topological polar surface area (TPSA) is 105 Å². The van der Waals surface area contributed by atoms with Gasteiger partial charge < -0.3 is 4.98 Å². The monoisotopic (exact) mass is 495 g/mol. The van der Waals surface area contributed by atoms with E-state index in [1.165, 1.54) is 30.4 Å². The Morgan fingerprint density at radius 3 is 2.49 bits per heavy atom. The third kappa shape index (κ3) is 4.92. The van der Waals surface area contributed by atoms with Crippen molar-refractivity contribution in [2.24, 2.45) is 17.3 Å². The predicted octanol–water partition coefficient (Wildman–Crippen LogP) is 5.73. The minimum atomic E-state index is -0.266. The predicted molar refractivity (Wildman–Crippen MR) is 144 cm³/mol. The molecule has 4 aromatic rings. The second-order valence-corrected chi connectivity index (χ2v) is 11.5. The van der Waals surface area contributed by atoms with Crippen molar-refractivity contribution < 1.29 is 0 Å². The molecule has 0 saturated heterocycles. The quantitative estimate of drug-likeness (QED) is 0.356. The first-order chi connectivity index (χ1) is 17.8. The molecule has 8 heteroatoms. The summed E-state index contributed by atoms with van der Waals surface area (Å²) in [5.74, 6) is 1.69. The zero-order valence-corrected chi connectivity index (χ0v) is 21.7. The lowest BCUT2D eigenvalue weighted by atomic mass is 9.72. The molecule has 8 nitrogen and oxygen atoms in total. The van der Waals surface area contributed by atoms with E-state index in [1.54, 1.807) is 0 Å². The zero-order chi connectivity index (χ0) is 25.6. The first kappa shape index (κ1) is 23.6. The van der Waals surface area contributed by atoms with Crippen LogP contribution in [-0.4, -0.2) is 35.4 Å². The largest absolute Gasteiger partial charge is 0.321 e. The van der Waals surface area contributed by atoms with Crippen molar-refractivity contribution in [3.8, 4) is 33.9 Å². The van der Waals surface area contributed by atoms with Gasteiger partial charge in [0.05, 0.1) is 11.3 Å². The molecule has 0 aliphatic heterocycles. The third-order valence-corrected chi connectivity index (χ3v) is 7.86. The highest BCUT2D eigenvalue weighted by Gasteiger charge is 2.27. The van der Waals surface area contributed by atoms with Gasteiger partial charge in [0, 0.05) is 24.0 Å². The second kappa shape index (κ2) is 9.25. The lowest BCUT2D eigenvalue weighted by Crippen LogP contribution is -2.21. The summed E-state index contributed by atoms with van der Waals surface area (Å²) >= 11 is 0. The van der Waals surface area contributed by atoms with Crippen molar-refractivity contribution in [3.63, 3.8) is 0 Å². The minimum absolute atomic E-state index is 0.257. The summed E-state index contributed by atoms with van der Waals surface area (Å²) in [5.41, 5.74) is 6.22. The molecule has 2 N–H and O–H groups in total. The maximum Gasteiger partial charge on any atom is 0.260 e. The van der Waals surface area contributed by atoms with E-state index in [-0.39, 0.29) is 11.4 Å². The molecule has 0 bridgehead atoms. The van der Waals surface area contributed by atoms with E-state index in [0.717, 1.165) is 42.3 Å². The normalized spacial score (nSPS) is 18.1. The number of tetrazole rings is 1. The van der Waals surface area contributed by atoms with E-state index in [4.69, 9.17) is 5.10 Å². The van der Waals surface area contributed by atoms with Crippen LogP contribution in [0.4, 0.5) is 0 Å². The number of hydrogen-bond acceptors (Lipinski definition) is 5. The van der Waals surface area contributed by atoms with Gasteiger partial charge in [0.25, 0.3) is 5.56 Å². The van der Waals surface area contributed by atoms with Crippen molar-refractivity contribution in [3.05, 3.63) is 64.6 Å². The van der Waals surface area contributed by atoms with Crippen LogP contribution < -0.4 is 5.56 Å². The van der Waals surface area contributed by atoms with Crippen LogP contribution in [0.5, 0.6) is 0 Å². The highest BCUT2D eigenvalue weighted by molar-refractivity contribution is 5.81. The summed E-state index contributed by atoms with van der Waals surface area (Å²) in [5, 5.41) is 19.0. The van der Waals surface area contributed by atoms with Crippen LogP contribution in [0.2, 0.25) is 0 Å². The number of aromatic nitrogens is 7. The van der Waals surface area contributed by atoms with Crippen LogP contribution >= 0.6 is 0 Å². The Bertz CT molecular complexity index is 1480. The Kier molecular flexibility index (Phi) is 5.89. The standard InChI is InChI=1S/C29H33N7O/c1-29(2,3)22-12-10-20(11-13-22)19-6-8-21(9-7-19)25-16-23(24-14-15-36(33-24)17-18-4-5-18)26(28(37)30-25)27-31-34-35-32-27/h6-10,14-16,18,22H,4-5,11-13,17H2,1-3H3,(H,30,37)(H,31,32,34,35). The van der Waals surface area contributed by atoms with E-state index in [9.17, 15) is 4.79 Å². The van der Waals surface area contributed by atoms with Gasteiger partial charge in [-0.3, -0.25) is 9.48 Å². The smallest absolute Gasteiger partial charge is 0.260 e. The van der Waals surface area contributed by atoms with Gasteiger partial charge in [-0.2, -0.15) is 10.3 Å².